The van der Waals surface area contributed by atoms with Gasteiger partial charge in [0.1, 0.15) is 5.75 Å². The molecule has 21 heavy (non-hydrogen) atoms. The minimum absolute atomic E-state index is 0.0282. The molecule has 0 saturated carbocycles. The van der Waals surface area contributed by atoms with Crippen molar-refractivity contribution in [1.29, 1.82) is 0 Å². The lowest BCUT2D eigenvalue weighted by Crippen LogP contribution is -2.40. The normalized spacial score (nSPS) is 11.6. The van der Waals surface area contributed by atoms with Gasteiger partial charge < -0.3 is 15.7 Å². The second-order valence-electron chi connectivity index (χ2n) is 4.55. The Morgan fingerprint density at radius 3 is 2.33 bits per heavy atom. The minimum atomic E-state index is -3.83. The molecule has 1 aromatic carbocycles. The van der Waals surface area contributed by atoms with Crippen LogP contribution in [0, 0.1) is 0 Å². The van der Waals surface area contributed by atoms with Gasteiger partial charge >= 0.3 is 0 Å². The summed E-state index contributed by atoms with van der Waals surface area (Å²) in [6.45, 7) is 4.46. The van der Waals surface area contributed by atoms with Gasteiger partial charge in [0, 0.05) is 20.1 Å². The highest BCUT2D eigenvalue weighted by Gasteiger charge is 2.25. The Hall–Kier alpha value is -1.80. The molecule has 1 rings (SSSR count). The number of nitrogen functional groups attached to an aromatic ring is 1. The highest BCUT2D eigenvalue weighted by atomic mass is 32.2. The number of aromatic hydroxyl groups is 1. The molecule has 1 amide bonds. The number of nitrogens with two attached hydrogens (primary N) is 1. The number of anilines is 1. The van der Waals surface area contributed by atoms with Crippen LogP contribution in [-0.4, -0.2) is 55.3 Å². The second kappa shape index (κ2) is 6.77. The van der Waals surface area contributed by atoms with E-state index in [9.17, 15) is 18.3 Å². The number of rotatable bonds is 6. The third kappa shape index (κ3) is 3.85. The van der Waals surface area contributed by atoms with Gasteiger partial charge in [-0.05, 0) is 32.0 Å². The second-order valence-corrected chi connectivity index (χ2v) is 6.59. The maximum absolute atomic E-state index is 12.3. The van der Waals surface area contributed by atoms with Crippen LogP contribution in [0.4, 0.5) is 5.69 Å². The number of nitrogens with zero attached hydrogens (tertiary/aromatic N) is 2. The van der Waals surface area contributed by atoms with Crippen LogP contribution >= 0.6 is 0 Å². The number of carbonyl (C=O) groups is 1. The molecule has 0 unspecified atom stereocenters. The smallest absolute Gasteiger partial charge is 0.243 e. The molecule has 0 aromatic heterocycles. The molecule has 0 heterocycles. The summed E-state index contributed by atoms with van der Waals surface area (Å²) in [5.41, 5.74) is 5.47. The number of carbonyl (C=O) groups excluding carboxylic acids is 1. The zero-order valence-corrected chi connectivity index (χ0v) is 13.2. The fourth-order valence-corrected chi connectivity index (χ4v) is 2.98. The van der Waals surface area contributed by atoms with Crippen LogP contribution in [0.3, 0.4) is 0 Å². The fourth-order valence-electron chi connectivity index (χ4n) is 1.82. The number of likely N-dealkylation sites (N-methyl/N-ethyl adjacent to an activating group) is 2. The summed E-state index contributed by atoms with van der Waals surface area (Å²) in [4.78, 5) is 13.5. The lowest BCUT2D eigenvalue weighted by atomic mass is 10.3. The van der Waals surface area contributed by atoms with Crippen molar-refractivity contribution >= 4 is 21.6 Å². The minimum Gasteiger partial charge on any atom is -0.506 e. The average Bonchev–Trinajstić information content (AvgIpc) is 2.42. The number of amides is 1. The molecule has 0 fully saturated rings. The van der Waals surface area contributed by atoms with Crippen LogP contribution < -0.4 is 5.73 Å². The summed E-state index contributed by atoms with van der Waals surface area (Å²) >= 11 is 0. The van der Waals surface area contributed by atoms with Crippen LogP contribution in [0.5, 0.6) is 5.75 Å². The molecule has 0 bridgehead atoms. The molecule has 0 atom stereocenters. The molecule has 0 spiro atoms. The van der Waals surface area contributed by atoms with E-state index < -0.39 is 10.0 Å². The monoisotopic (exact) mass is 315 g/mol. The summed E-state index contributed by atoms with van der Waals surface area (Å²) in [5, 5.41) is 9.34. The number of phenols is 1. The van der Waals surface area contributed by atoms with Crippen molar-refractivity contribution in [2.75, 3.05) is 32.4 Å². The molecular formula is C13H21N3O4S. The maximum Gasteiger partial charge on any atom is 0.243 e. The molecule has 3 N–H and O–H groups in total. The number of benzene rings is 1. The Morgan fingerprint density at radius 2 is 1.86 bits per heavy atom. The molecule has 0 aliphatic carbocycles. The third-order valence-electron chi connectivity index (χ3n) is 3.18. The quantitative estimate of drug-likeness (QED) is 0.586. The van der Waals surface area contributed by atoms with Gasteiger partial charge in [0.25, 0.3) is 0 Å². The molecule has 0 aliphatic rings. The Balaban J connectivity index is 2.96. The summed E-state index contributed by atoms with van der Waals surface area (Å²) in [5.74, 6) is -0.450. The van der Waals surface area contributed by atoms with E-state index in [1.54, 1.807) is 4.90 Å². The van der Waals surface area contributed by atoms with E-state index in [1.807, 2.05) is 13.8 Å². The highest BCUT2D eigenvalue weighted by molar-refractivity contribution is 7.89. The summed E-state index contributed by atoms with van der Waals surface area (Å²) < 4.78 is 25.7. The van der Waals surface area contributed by atoms with Gasteiger partial charge in [0.2, 0.25) is 15.9 Å². The van der Waals surface area contributed by atoms with Gasteiger partial charge in [-0.3, -0.25) is 4.79 Å². The standard InChI is InChI=1S/C13H21N3O4S/c1-4-16(5-2)13(18)9-15(3)21(19,20)10-6-7-12(17)11(14)8-10/h6-8,17H,4-5,9,14H2,1-3H3. The van der Waals surface area contributed by atoms with Gasteiger partial charge in [-0.25, -0.2) is 8.42 Å². The van der Waals surface area contributed by atoms with Crippen molar-refractivity contribution < 1.29 is 18.3 Å². The van der Waals surface area contributed by atoms with E-state index in [1.165, 1.54) is 25.2 Å². The number of phenolic OH excluding ortho intramolecular Hbond substituents is 1. The first-order valence-electron chi connectivity index (χ1n) is 6.56. The van der Waals surface area contributed by atoms with E-state index in [0.29, 0.717) is 13.1 Å². The predicted molar refractivity (Wildman–Crippen MR) is 80.3 cm³/mol. The van der Waals surface area contributed by atoms with Gasteiger partial charge in [0.05, 0.1) is 17.1 Å². The molecule has 1 aromatic rings. The molecule has 8 heteroatoms. The van der Waals surface area contributed by atoms with Crippen molar-refractivity contribution in [3.63, 3.8) is 0 Å². The fraction of sp³-hybridized carbons (Fsp3) is 0.462. The summed E-state index contributed by atoms with van der Waals surface area (Å²) in [6.07, 6.45) is 0. The van der Waals surface area contributed by atoms with Gasteiger partial charge in [0.15, 0.2) is 0 Å². The van der Waals surface area contributed by atoms with E-state index >= 15 is 0 Å². The zero-order chi connectivity index (χ0) is 16.2. The molecular weight excluding hydrogens is 294 g/mol. The predicted octanol–water partition coefficient (Wildman–Crippen LogP) is 0.463. The van der Waals surface area contributed by atoms with E-state index in [2.05, 4.69) is 0 Å². The average molecular weight is 315 g/mol. The van der Waals surface area contributed by atoms with Crippen LogP contribution in [0.25, 0.3) is 0 Å². The number of hydrogen-bond acceptors (Lipinski definition) is 5. The Morgan fingerprint density at radius 1 is 1.29 bits per heavy atom. The molecule has 0 radical (unpaired) electrons. The number of hydrogen-bond donors (Lipinski definition) is 2. The van der Waals surface area contributed by atoms with Crippen molar-refractivity contribution in [2.45, 2.75) is 18.7 Å². The van der Waals surface area contributed by atoms with E-state index in [0.717, 1.165) is 4.31 Å². The Labute approximate surface area is 125 Å². The van der Waals surface area contributed by atoms with E-state index in [4.69, 9.17) is 5.73 Å². The Kier molecular flexibility index (Phi) is 5.56. The lowest BCUT2D eigenvalue weighted by Gasteiger charge is -2.23. The van der Waals surface area contributed by atoms with Gasteiger partial charge in [-0.15, -0.1) is 0 Å². The van der Waals surface area contributed by atoms with Crippen molar-refractivity contribution in [3.8, 4) is 5.75 Å². The van der Waals surface area contributed by atoms with Crippen molar-refractivity contribution in [3.05, 3.63) is 18.2 Å². The zero-order valence-electron chi connectivity index (χ0n) is 12.4. The first-order chi connectivity index (χ1) is 9.73. The van der Waals surface area contributed by atoms with Crippen LogP contribution in [0.2, 0.25) is 0 Å². The largest absolute Gasteiger partial charge is 0.506 e. The molecule has 118 valence electrons. The molecule has 0 saturated heterocycles. The summed E-state index contributed by atoms with van der Waals surface area (Å²) in [6, 6.07) is 3.63. The highest BCUT2D eigenvalue weighted by Crippen LogP contribution is 2.24. The molecule has 0 aliphatic heterocycles. The van der Waals surface area contributed by atoms with Crippen LogP contribution in [0.15, 0.2) is 23.1 Å². The third-order valence-corrected chi connectivity index (χ3v) is 4.98. The van der Waals surface area contributed by atoms with Crippen molar-refractivity contribution in [2.24, 2.45) is 0 Å². The van der Waals surface area contributed by atoms with E-state index in [-0.39, 0.29) is 28.8 Å². The van der Waals surface area contributed by atoms with Crippen LogP contribution in [-0.2, 0) is 14.8 Å². The van der Waals surface area contributed by atoms with Gasteiger partial charge in [-0.1, -0.05) is 0 Å². The summed E-state index contributed by atoms with van der Waals surface area (Å²) in [7, 11) is -2.50. The first-order valence-corrected chi connectivity index (χ1v) is 8.00. The van der Waals surface area contributed by atoms with Gasteiger partial charge in [-0.2, -0.15) is 4.31 Å². The topological polar surface area (TPSA) is 104 Å². The first kappa shape index (κ1) is 17.3. The van der Waals surface area contributed by atoms with Crippen molar-refractivity contribution in [1.82, 2.24) is 9.21 Å². The maximum atomic E-state index is 12.3. The SMILES string of the molecule is CCN(CC)C(=O)CN(C)S(=O)(=O)c1ccc(O)c(N)c1. The lowest BCUT2D eigenvalue weighted by molar-refractivity contribution is -0.130. The van der Waals surface area contributed by atoms with Crippen LogP contribution in [0.1, 0.15) is 13.8 Å². The Bertz CT molecular complexity index is 612. The molecule has 7 nitrogen and oxygen atoms in total. The number of sulfonamides is 1.